The number of benzene rings is 1. The van der Waals surface area contributed by atoms with Crippen molar-refractivity contribution >= 4 is 23.2 Å². The molecule has 17 heavy (non-hydrogen) atoms. The predicted octanol–water partition coefficient (Wildman–Crippen LogP) is 4.44. The quantitative estimate of drug-likeness (QED) is 0.864. The molecule has 0 heterocycles. The Morgan fingerprint density at radius 3 is 2.47 bits per heavy atom. The Morgan fingerprint density at radius 1 is 1.12 bits per heavy atom. The van der Waals surface area contributed by atoms with Gasteiger partial charge < -0.3 is 5.73 Å². The Labute approximate surface area is 113 Å². The van der Waals surface area contributed by atoms with Gasteiger partial charge in [0.15, 0.2) is 0 Å². The molecular formula is C14H19Cl2N. The molecule has 1 saturated carbocycles. The highest BCUT2D eigenvalue weighted by molar-refractivity contribution is 6.42. The lowest BCUT2D eigenvalue weighted by molar-refractivity contribution is 0.303. The van der Waals surface area contributed by atoms with Crippen molar-refractivity contribution in [1.29, 1.82) is 0 Å². The van der Waals surface area contributed by atoms with Crippen molar-refractivity contribution < 1.29 is 0 Å². The molecule has 0 amide bonds. The van der Waals surface area contributed by atoms with Crippen molar-refractivity contribution in [3.8, 4) is 0 Å². The summed E-state index contributed by atoms with van der Waals surface area (Å²) >= 11 is 11.9. The number of halogens is 2. The van der Waals surface area contributed by atoms with E-state index in [4.69, 9.17) is 28.9 Å². The van der Waals surface area contributed by atoms with E-state index in [1.54, 1.807) is 0 Å². The molecule has 1 aromatic rings. The maximum atomic E-state index is 6.29. The van der Waals surface area contributed by atoms with E-state index in [0.29, 0.717) is 16.0 Å². The predicted molar refractivity (Wildman–Crippen MR) is 74.7 cm³/mol. The molecule has 2 N–H and O–H groups in total. The van der Waals surface area contributed by atoms with Crippen molar-refractivity contribution in [2.75, 3.05) is 0 Å². The lowest BCUT2D eigenvalue weighted by atomic mass is 9.82. The number of hydrogen-bond acceptors (Lipinski definition) is 1. The van der Waals surface area contributed by atoms with Crippen LogP contribution in [-0.4, -0.2) is 6.04 Å². The van der Waals surface area contributed by atoms with Crippen LogP contribution in [0.15, 0.2) is 18.2 Å². The molecule has 2 rings (SSSR count). The van der Waals surface area contributed by atoms with E-state index < -0.39 is 0 Å². The lowest BCUT2D eigenvalue weighted by Gasteiger charge is -2.27. The van der Waals surface area contributed by atoms with Crippen molar-refractivity contribution in [3.05, 3.63) is 33.8 Å². The lowest BCUT2D eigenvalue weighted by Crippen LogP contribution is -2.33. The second-order valence-corrected chi connectivity index (χ2v) is 5.83. The largest absolute Gasteiger partial charge is 0.327 e. The topological polar surface area (TPSA) is 26.0 Å². The number of hydrogen-bond donors (Lipinski definition) is 1. The zero-order valence-electron chi connectivity index (χ0n) is 9.96. The maximum Gasteiger partial charge on any atom is 0.0595 e. The summed E-state index contributed by atoms with van der Waals surface area (Å²) in [4.78, 5) is 0. The van der Waals surface area contributed by atoms with Gasteiger partial charge in [-0.2, -0.15) is 0 Å². The minimum atomic E-state index is 0.257. The summed E-state index contributed by atoms with van der Waals surface area (Å²) in [7, 11) is 0. The molecule has 1 unspecified atom stereocenters. The first-order valence-electron chi connectivity index (χ1n) is 6.36. The second-order valence-electron chi connectivity index (χ2n) is 5.01. The van der Waals surface area contributed by atoms with E-state index in [1.165, 1.54) is 37.7 Å². The average Bonchev–Trinajstić information content (AvgIpc) is 2.35. The van der Waals surface area contributed by atoms with E-state index >= 15 is 0 Å². The molecule has 1 fully saturated rings. The molecule has 0 aliphatic heterocycles. The van der Waals surface area contributed by atoms with Crippen LogP contribution >= 0.6 is 23.2 Å². The molecular weight excluding hydrogens is 253 g/mol. The van der Waals surface area contributed by atoms with Gasteiger partial charge in [-0.05, 0) is 42.9 Å². The van der Waals surface area contributed by atoms with Gasteiger partial charge in [0.05, 0.1) is 10.0 Å². The van der Waals surface area contributed by atoms with Crippen LogP contribution in [0.5, 0.6) is 0 Å². The molecule has 94 valence electrons. The van der Waals surface area contributed by atoms with Gasteiger partial charge in [0, 0.05) is 6.04 Å². The highest BCUT2D eigenvalue weighted by Gasteiger charge is 2.20. The number of nitrogens with two attached hydrogens (primary N) is 1. The van der Waals surface area contributed by atoms with Gasteiger partial charge in [0.25, 0.3) is 0 Å². The van der Waals surface area contributed by atoms with Crippen LogP contribution in [0.2, 0.25) is 10.0 Å². The molecule has 0 radical (unpaired) electrons. The monoisotopic (exact) mass is 271 g/mol. The summed E-state index contributed by atoms with van der Waals surface area (Å²) in [5.41, 5.74) is 7.48. The fourth-order valence-electron chi connectivity index (χ4n) is 2.67. The standard InChI is InChI=1S/C14H19Cl2N/c15-12-7-6-10(8-13(12)16)9-14(17)11-4-2-1-3-5-11/h6-8,11,14H,1-5,9,17H2. The zero-order valence-corrected chi connectivity index (χ0v) is 11.5. The van der Waals surface area contributed by atoms with Gasteiger partial charge in [0.2, 0.25) is 0 Å². The van der Waals surface area contributed by atoms with Gasteiger partial charge in [0.1, 0.15) is 0 Å². The highest BCUT2D eigenvalue weighted by Crippen LogP contribution is 2.28. The minimum absolute atomic E-state index is 0.257. The zero-order chi connectivity index (χ0) is 12.3. The summed E-state index contributed by atoms with van der Waals surface area (Å²) in [6.07, 6.45) is 7.50. The highest BCUT2D eigenvalue weighted by atomic mass is 35.5. The summed E-state index contributed by atoms with van der Waals surface area (Å²) < 4.78 is 0. The molecule has 3 heteroatoms. The van der Waals surface area contributed by atoms with Crippen molar-refractivity contribution in [1.82, 2.24) is 0 Å². The Balaban J connectivity index is 1.96. The molecule has 1 atom stereocenters. The van der Waals surface area contributed by atoms with Crippen LogP contribution in [0.1, 0.15) is 37.7 Å². The van der Waals surface area contributed by atoms with E-state index in [0.717, 1.165) is 6.42 Å². The van der Waals surface area contributed by atoms with Crippen LogP contribution in [-0.2, 0) is 6.42 Å². The normalized spacial score (nSPS) is 19.2. The smallest absolute Gasteiger partial charge is 0.0595 e. The van der Waals surface area contributed by atoms with Gasteiger partial charge >= 0.3 is 0 Å². The van der Waals surface area contributed by atoms with Gasteiger partial charge in [-0.3, -0.25) is 0 Å². The molecule has 1 nitrogen and oxygen atoms in total. The van der Waals surface area contributed by atoms with E-state index in [9.17, 15) is 0 Å². The van der Waals surface area contributed by atoms with E-state index in [2.05, 4.69) is 0 Å². The van der Waals surface area contributed by atoms with E-state index in [1.807, 2.05) is 18.2 Å². The third kappa shape index (κ3) is 3.61. The molecule has 0 saturated heterocycles. The molecule has 0 bridgehead atoms. The van der Waals surface area contributed by atoms with Crippen molar-refractivity contribution in [3.63, 3.8) is 0 Å². The molecule has 1 aromatic carbocycles. The van der Waals surface area contributed by atoms with Gasteiger partial charge in [-0.1, -0.05) is 48.5 Å². The summed E-state index contributed by atoms with van der Waals surface area (Å²) in [5.74, 6) is 0.679. The fraction of sp³-hybridized carbons (Fsp3) is 0.571. The maximum absolute atomic E-state index is 6.29. The third-order valence-electron chi connectivity index (χ3n) is 3.71. The Bertz CT molecular complexity index is 372. The fourth-order valence-corrected chi connectivity index (χ4v) is 2.99. The SMILES string of the molecule is NC(Cc1ccc(Cl)c(Cl)c1)C1CCCCC1. The molecule has 0 spiro atoms. The minimum Gasteiger partial charge on any atom is -0.327 e. The van der Waals surface area contributed by atoms with Crippen LogP contribution in [0.3, 0.4) is 0 Å². The van der Waals surface area contributed by atoms with Crippen LogP contribution < -0.4 is 5.73 Å². The molecule has 1 aliphatic rings. The molecule has 0 aromatic heterocycles. The Kier molecular flexibility index (Phi) is 4.72. The van der Waals surface area contributed by atoms with Crippen LogP contribution in [0, 0.1) is 5.92 Å². The molecule has 1 aliphatic carbocycles. The average molecular weight is 272 g/mol. The second kappa shape index (κ2) is 6.08. The summed E-state index contributed by atoms with van der Waals surface area (Å²) in [5, 5.41) is 1.24. The van der Waals surface area contributed by atoms with Crippen LogP contribution in [0.25, 0.3) is 0 Å². The summed E-state index contributed by atoms with van der Waals surface area (Å²) in [6.45, 7) is 0. The Morgan fingerprint density at radius 2 is 1.82 bits per heavy atom. The van der Waals surface area contributed by atoms with Gasteiger partial charge in [-0.15, -0.1) is 0 Å². The van der Waals surface area contributed by atoms with Crippen LogP contribution in [0.4, 0.5) is 0 Å². The van der Waals surface area contributed by atoms with Crippen molar-refractivity contribution in [2.45, 2.75) is 44.6 Å². The van der Waals surface area contributed by atoms with Gasteiger partial charge in [-0.25, -0.2) is 0 Å². The first-order valence-corrected chi connectivity index (χ1v) is 7.12. The third-order valence-corrected chi connectivity index (χ3v) is 4.45. The summed E-state index contributed by atoms with van der Waals surface area (Å²) in [6, 6.07) is 6.07. The Hall–Kier alpha value is -0.240. The van der Waals surface area contributed by atoms with Crippen molar-refractivity contribution in [2.24, 2.45) is 11.7 Å². The first kappa shape index (κ1) is 13.2. The number of rotatable bonds is 3. The van der Waals surface area contributed by atoms with E-state index in [-0.39, 0.29) is 6.04 Å². The first-order chi connectivity index (χ1) is 8.16.